The van der Waals surface area contributed by atoms with Gasteiger partial charge in [-0.3, -0.25) is 10.1 Å². The van der Waals surface area contributed by atoms with E-state index in [0.29, 0.717) is 5.56 Å². The first kappa shape index (κ1) is 8.45. The maximum absolute atomic E-state index is 12.0. The first-order valence-electron chi connectivity index (χ1n) is 3.27. The fourth-order valence-corrected chi connectivity index (χ4v) is 0.825. The highest BCUT2D eigenvalue weighted by molar-refractivity contribution is 5.55. The van der Waals surface area contributed by atoms with Crippen LogP contribution in [0.4, 0.5) is 15.9 Å². The molecule has 0 unspecified atom stereocenters. The van der Waals surface area contributed by atoms with E-state index in [-0.39, 0.29) is 11.4 Å². The summed E-state index contributed by atoms with van der Waals surface area (Å²) in [5.74, 6) is 0. The molecular weight excluding hydrogens is 163 g/mol. The van der Waals surface area contributed by atoms with Crippen molar-refractivity contribution in [2.24, 2.45) is 0 Å². The number of rotatable bonds is 2. The molecule has 1 rings (SSSR count). The molecule has 0 saturated heterocycles. The molecule has 0 amide bonds. The second-order valence-corrected chi connectivity index (χ2v) is 2.35. The van der Waals surface area contributed by atoms with Gasteiger partial charge in [0.25, 0.3) is 5.69 Å². The van der Waals surface area contributed by atoms with Crippen molar-refractivity contribution in [3.8, 4) is 0 Å². The molecule has 1 N–H and O–H groups in total. The number of hydrogen-bond donors (Lipinski definition) is 1. The topological polar surface area (TPSA) is 55.2 Å². The summed E-state index contributed by atoms with van der Waals surface area (Å²) in [6.07, 6.45) is 0. The van der Waals surface area contributed by atoms with Crippen LogP contribution in [0.1, 0.15) is 5.56 Å². The van der Waals surface area contributed by atoms with Gasteiger partial charge in [-0.15, -0.1) is 4.48 Å². The average molecular weight is 170 g/mol. The summed E-state index contributed by atoms with van der Waals surface area (Å²) in [5.41, 5.74) is 2.02. The number of anilines is 1. The summed E-state index contributed by atoms with van der Waals surface area (Å²) in [5, 5.41) is 10.2. The van der Waals surface area contributed by atoms with Gasteiger partial charge in [-0.05, 0) is 12.5 Å². The van der Waals surface area contributed by atoms with Crippen LogP contribution in [0.2, 0.25) is 0 Å². The zero-order valence-corrected chi connectivity index (χ0v) is 6.37. The fraction of sp³-hybridized carbons (Fsp3) is 0.143. The van der Waals surface area contributed by atoms with Gasteiger partial charge in [0, 0.05) is 12.1 Å². The fourth-order valence-electron chi connectivity index (χ4n) is 0.825. The van der Waals surface area contributed by atoms with E-state index in [0.717, 1.165) is 6.07 Å². The number of halogens is 1. The Kier molecular flexibility index (Phi) is 2.23. The quantitative estimate of drug-likeness (QED) is 0.420. The molecule has 1 aromatic carbocycles. The Morgan fingerprint density at radius 1 is 1.58 bits per heavy atom. The van der Waals surface area contributed by atoms with Crippen molar-refractivity contribution in [2.75, 3.05) is 5.54 Å². The maximum Gasteiger partial charge on any atom is 0.271 e. The molecule has 1 aromatic rings. The molecule has 0 atom stereocenters. The van der Waals surface area contributed by atoms with Crippen molar-refractivity contribution in [1.82, 2.24) is 0 Å². The summed E-state index contributed by atoms with van der Waals surface area (Å²) in [6.45, 7) is 1.66. The molecular formula is C7H7FN2O2. The summed E-state index contributed by atoms with van der Waals surface area (Å²) < 4.78 is 12.0. The van der Waals surface area contributed by atoms with E-state index in [1.165, 1.54) is 17.7 Å². The van der Waals surface area contributed by atoms with Crippen LogP contribution in [0, 0.1) is 17.0 Å². The van der Waals surface area contributed by atoms with Gasteiger partial charge in [-0.2, -0.15) is 0 Å². The molecule has 0 aliphatic heterocycles. The highest BCUT2D eigenvalue weighted by Crippen LogP contribution is 2.21. The van der Waals surface area contributed by atoms with Gasteiger partial charge in [0.05, 0.1) is 10.6 Å². The Bertz CT molecular complexity index is 314. The average Bonchev–Trinajstić information content (AvgIpc) is 2.05. The van der Waals surface area contributed by atoms with Crippen molar-refractivity contribution < 1.29 is 9.40 Å². The molecule has 4 nitrogen and oxygen atoms in total. The molecule has 0 heterocycles. The van der Waals surface area contributed by atoms with Crippen LogP contribution in [-0.2, 0) is 0 Å². The van der Waals surface area contributed by atoms with E-state index in [2.05, 4.69) is 0 Å². The van der Waals surface area contributed by atoms with Gasteiger partial charge in [0.1, 0.15) is 0 Å². The Labute approximate surface area is 68.1 Å². The first-order chi connectivity index (χ1) is 5.65. The van der Waals surface area contributed by atoms with Crippen LogP contribution in [0.3, 0.4) is 0 Å². The lowest BCUT2D eigenvalue weighted by Crippen LogP contribution is -1.91. The molecule has 0 fully saturated rings. The minimum absolute atomic E-state index is 0.124. The van der Waals surface area contributed by atoms with E-state index in [9.17, 15) is 14.6 Å². The molecule has 5 heteroatoms. The Morgan fingerprint density at radius 3 is 2.75 bits per heavy atom. The predicted octanol–water partition coefficient (Wildman–Crippen LogP) is 2.20. The third kappa shape index (κ3) is 1.50. The standard InChI is InChI=1S/C7H7FN2O2/c1-5-2-3-6(10(11)12)4-7(5)9-8/h2-4,9H,1H3. The third-order valence-electron chi connectivity index (χ3n) is 1.53. The van der Waals surface area contributed by atoms with Crippen molar-refractivity contribution in [3.63, 3.8) is 0 Å². The molecule has 0 spiro atoms. The second-order valence-electron chi connectivity index (χ2n) is 2.35. The summed E-state index contributed by atoms with van der Waals surface area (Å²) in [4.78, 5) is 9.67. The van der Waals surface area contributed by atoms with Crippen molar-refractivity contribution >= 4 is 11.4 Å². The van der Waals surface area contributed by atoms with Crippen molar-refractivity contribution in [1.29, 1.82) is 0 Å². The maximum atomic E-state index is 12.0. The van der Waals surface area contributed by atoms with Crippen LogP contribution in [-0.4, -0.2) is 4.92 Å². The number of nitrogens with zero attached hydrogens (tertiary/aromatic N) is 1. The summed E-state index contributed by atoms with van der Waals surface area (Å²) >= 11 is 0. The molecule has 0 aliphatic rings. The SMILES string of the molecule is Cc1ccc([N+](=O)[O-])cc1NF. The predicted molar refractivity (Wildman–Crippen MR) is 42.6 cm³/mol. The molecule has 0 radical (unpaired) electrons. The van der Waals surface area contributed by atoms with Gasteiger partial charge in [0.2, 0.25) is 0 Å². The number of aryl methyl sites for hydroxylation is 1. The first-order valence-corrected chi connectivity index (χ1v) is 3.27. The number of benzene rings is 1. The zero-order chi connectivity index (χ0) is 9.14. The minimum Gasteiger partial charge on any atom is -0.258 e. The van der Waals surface area contributed by atoms with E-state index in [1.54, 1.807) is 6.92 Å². The van der Waals surface area contributed by atoms with Crippen LogP contribution in [0.5, 0.6) is 0 Å². The highest BCUT2D eigenvalue weighted by Gasteiger charge is 2.07. The van der Waals surface area contributed by atoms with Gasteiger partial charge in [0.15, 0.2) is 0 Å². The smallest absolute Gasteiger partial charge is 0.258 e. The second kappa shape index (κ2) is 3.17. The van der Waals surface area contributed by atoms with Gasteiger partial charge >= 0.3 is 0 Å². The Balaban J connectivity index is 3.13. The van der Waals surface area contributed by atoms with Crippen LogP contribution < -0.4 is 5.54 Å². The lowest BCUT2D eigenvalue weighted by molar-refractivity contribution is -0.384. The number of nitro benzene ring substituents is 1. The van der Waals surface area contributed by atoms with Crippen LogP contribution in [0.25, 0.3) is 0 Å². The Morgan fingerprint density at radius 2 is 2.25 bits per heavy atom. The van der Waals surface area contributed by atoms with Crippen molar-refractivity contribution in [3.05, 3.63) is 33.9 Å². The number of hydrogen-bond acceptors (Lipinski definition) is 3. The lowest BCUT2D eigenvalue weighted by atomic mass is 10.2. The van der Waals surface area contributed by atoms with E-state index in [1.807, 2.05) is 0 Å². The molecule has 0 aliphatic carbocycles. The zero-order valence-electron chi connectivity index (χ0n) is 6.37. The molecule has 0 bridgehead atoms. The third-order valence-corrected chi connectivity index (χ3v) is 1.53. The van der Waals surface area contributed by atoms with Crippen LogP contribution in [0.15, 0.2) is 18.2 Å². The normalized spacial score (nSPS) is 9.50. The molecule has 64 valence electrons. The monoisotopic (exact) mass is 170 g/mol. The molecule has 0 aromatic heterocycles. The van der Waals surface area contributed by atoms with E-state index in [4.69, 9.17) is 0 Å². The molecule has 12 heavy (non-hydrogen) atoms. The van der Waals surface area contributed by atoms with Gasteiger partial charge in [-0.25, -0.2) is 5.54 Å². The summed E-state index contributed by atoms with van der Waals surface area (Å²) in [7, 11) is 0. The summed E-state index contributed by atoms with van der Waals surface area (Å²) in [6, 6.07) is 3.96. The van der Waals surface area contributed by atoms with Crippen LogP contribution >= 0.6 is 0 Å². The van der Waals surface area contributed by atoms with Crippen molar-refractivity contribution in [2.45, 2.75) is 6.92 Å². The van der Waals surface area contributed by atoms with E-state index < -0.39 is 4.92 Å². The lowest BCUT2D eigenvalue weighted by Gasteiger charge is -2.00. The van der Waals surface area contributed by atoms with E-state index >= 15 is 0 Å². The Hall–Kier alpha value is -1.65. The largest absolute Gasteiger partial charge is 0.271 e. The highest BCUT2D eigenvalue weighted by atomic mass is 19.2. The number of non-ortho nitro benzene ring substituents is 1. The van der Waals surface area contributed by atoms with Gasteiger partial charge < -0.3 is 0 Å². The molecule has 0 saturated carbocycles. The number of nitro groups is 1. The van der Waals surface area contributed by atoms with Gasteiger partial charge in [-0.1, -0.05) is 6.07 Å². The number of nitrogens with one attached hydrogen (secondary N) is 1. The minimum atomic E-state index is -0.569.